The van der Waals surface area contributed by atoms with E-state index in [2.05, 4.69) is 184 Å². The molecule has 0 unspecified atom stereocenters. The molecular weight excluding hydrogens is 707 g/mol. The molecule has 0 fully saturated rings. The Kier molecular flexibility index (Phi) is 7.80. The highest BCUT2D eigenvalue weighted by Gasteiger charge is 2.38. The summed E-state index contributed by atoms with van der Waals surface area (Å²) in [4.78, 5) is 15.8. The molecule has 4 nitrogen and oxygen atoms in total. The van der Waals surface area contributed by atoms with Crippen molar-refractivity contribution in [1.29, 1.82) is 0 Å². The molecule has 0 N–H and O–H groups in total. The number of fused-ring (bicyclic) bond motifs is 6. The van der Waals surface area contributed by atoms with E-state index in [0.29, 0.717) is 17.5 Å². The number of nitrogens with zero attached hydrogens (tertiary/aromatic N) is 3. The van der Waals surface area contributed by atoms with Crippen molar-refractivity contribution < 1.29 is 4.42 Å². The van der Waals surface area contributed by atoms with Crippen LogP contribution in [0.3, 0.4) is 0 Å². The van der Waals surface area contributed by atoms with Crippen molar-refractivity contribution in [2.75, 3.05) is 0 Å². The Morgan fingerprint density at radius 2 is 0.879 bits per heavy atom. The van der Waals surface area contributed by atoms with Crippen LogP contribution in [-0.2, 0) is 5.41 Å². The topological polar surface area (TPSA) is 51.8 Å². The minimum atomic E-state index is -0.247. The highest BCUT2D eigenvalue weighted by molar-refractivity contribution is 6.13. The van der Waals surface area contributed by atoms with Gasteiger partial charge < -0.3 is 4.42 Å². The van der Waals surface area contributed by atoms with Crippen LogP contribution in [0.15, 0.2) is 192 Å². The van der Waals surface area contributed by atoms with Gasteiger partial charge in [-0.1, -0.05) is 172 Å². The van der Waals surface area contributed by atoms with Gasteiger partial charge in [-0.2, -0.15) is 0 Å². The number of rotatable bonds is 6. The first-order chi connectivity index (χ1) is 28.5. The second kappa shape index (κ2) is 13.4. The molecule has 2 heterocycles. The van der Waals surface area contributed by atoms with Crippen LogP contribution in [0.1, 0.15) is 25.0 Å². The van der Waals surface area contributed by atoms with Crippen LogP contribution in [0.5, 0.6) is 0 Å². The fourth-order valence-corrected chi connectivity index (χ4v) is 8.96. The number of furan rings is 1. The third-order valence-corrected chi connectivity index (χ3v) is 11.7. The summed E-state index contributed by atoms with van der Waals surface area (Å²) >= 11 is 0. The summed E-state index contributed by atoms with van der Waals surface area (Å²) in [5.74, 6) is 1.85. The van der Waals surface area contributed by atoms with E-state index in [1.807, 2.05) is 18.2 Å². The zero-order valence-corrected chi connectivity index (χ0v) is 32.1. The van der Waals surface area contributed by atoms with Gasteiger partial charge in [0, 0.05) is 32.9 Å². The Balaban J connectivity index is 1.09. The first-order valence-electron chi connectivity index (χ1n) is 19.8. The van der Waals surface area contributed by atoms with E-state index < -0.39 is 0 Å². The molecular formula is C54H37N3O. The van der Waals surface area contributed by atoms with Crippen LogP contribution in [0.4, 0.5) is 0 Å². The molecule has 0 bridgehead atoms. The lowest BCUT2D eigenvalue weighted by atomic mass is 9.80. The van der Waals surface area contributed by atoms with Crippen molar-refractivity contribution in [3.63, 3.8) is 0 Å². The Hall–Kier alpha value is -7.43. The molecule has 1 aliphatic carbocycles. The average Bonchev–Trinajstić information content (AvgIpc) is 3.78. The zero-order chi connectivity index (χ0) is 38.8. The van der Waals surface area contributed by atoms with Crippen molar-refractivity contribution in [3.05, 3.63) is 199 Å². The largest absolute Gasteiger partial charge is 0.456 e. The first kappa shape index (κ1) is 33.9. The van der Waals surface area contributed by atoms with E-state index in [1.165, 1.54) is 33.4 Å². The van der Waals surface area contributed by atoms with Crippen LogP contribution in [0, 0.1) is 0 Å². The molecule has 0 aliphatic heterocycles. The van der Waals surface area contributed by atoms with Gasteiger partial charge in [0.25, 0.3) is 0 Å². The second-order valence-electron chi connectivity index (χ2n) is 15.6. The fourth-order valence-electron chi connectivity index (χ4n) is 8.96. The molecule has 0 amide bonds. The predicted octanol–water partition coefficient (Wildman–Crippen LogP) is 14.1. The Labute approximate surface area is 337 Å². The lowest BCUT2D eigenvalue weighted by molar-refractivity contribution is 0.661. The third kappa shape index (κ3) is 5.56. The standard InChI is InChI=1S/C54H37N3O/c1-54(2)46-27-10-9-23-42(46)43-25-13-26-45(50(43)54)53-56-51(39-22-12-21-38(32-39)37-20-11-19-36(31-37)34-15-5-3-6-16-34)55-52(57-53)40-29-30-44-48(33-40)58-47-28-14-24-41(49(44)47)35-17-7-4-8-18-35/h3-33H,1-2H3. The van der Waals surface area contributed by atoms with Gasteiger partial charge in [-0.25, -0.2) is 15.0 Å². The summed E-state index contributed by atoms with van der Waals surface area (Å²) in [5, 5.41) is 2.15. The van der Waals surface area contributed by atoms with E-state index in [1.54, 1.807) is 0 Å². The quantitative estimate of drug-likeness (QED) is 0.170. The van der Waals surface area contributed by atoms with E-state index in [-0.39, 0.29) is 5.41 Å². The molecule has 8 aromatic carbocycles. The maximum absolute atomic E-state index is 6.57. The zero-order valence-electron chi connectivity index (χ0n) is 32.1. The molecule has 0 spiro atoms. The van der Waals surface area contributed by atoms with E-state index >= 15 is 0 Å². The van der Waals surface area contributed by atoms with Crippen molar-refractivity contribution in [1.82, 2.24) is 15.0 Å². The van der Waals surface area contributed by atoms with Crippen LogP contribution >= 0.6 is 0 Å². The minimum absolute atomic E-state index is 0.247. The number of hydrogen-bond donors (Lipinski definition) is 0. The molecule has 58 heavy (non-hydrogen) atoms. The molecule has 2 aromatic heterocycles. The number of hydrogen-bond acceptors (Lipinski definition) is 4. The van der Waals surface area contributed by atoms with Crippen molar-refractivity contribution in [3.8, 4) is 78.7 Å². The SMILES string of the molecule is CC1(C)c2ccccc2-c2cccc(-c3nc(-c4cccc(-c5cccc(-c6ccccc6)c5)c4)nc(-c4ccc5c(c4)oc4cccc(-c6ccccc6)c45)n3)c21. The maximum atomic E-state index is 6.57. The van der Waals surface area contributed by atoms with E-state index in [0.717, 1.165) is 60.9 Å². The highest BCUT2D eigenvalue weighted by atomic mass is 16.3. The summed E-state index contributed by atoms with van der Waals surface area (Å²) in [6.45, 7) is 4.60. The Morgan fingerprint density at radius 1 is 0.362 bits per heavy atom. The normalized spacial score (nSPS) is 12.8. The number of benzene rings is 8. The molecule has 10 aromatic rings. The summed E-state index contributed by atoms with van der Waals surface area (Å²) < 4.78 is 6.57. The van der Waals surface area contributed by atoms with Crippen LogP contribution < -0.4 is 0 Å². The van der Waals surface area contributed by atoms with Gasteiger partial charge in [0.2, 0.25) is 0 Å². The highest BCUT2D eigenvalue weighted by Crippen LogP contribution is 2.52. The molecule has 274 valence electrons. The number of aromatic nitrogens is 3. The maximum Gasteiger partial charge on any atom is 0.164 e. The van der Waals surface area contributed by atoms with Crippen LogP contribution in [0.25, 0.3) is 101 Å². The van der Waals surface area contributed by atoms with E-state index in [4.69, 9.17) is 19.4 Å². The minimum Gasteiger partial charge on any atom is -0.456 e. The summed E-state index contributed by atoms with van der Waals surface area (Å²) in [6, 6.07) is 66.0. The van der Waals surface area contributed by atoms with Gasteiger partial charge in [0.15, 0.2) is 17.5 Å². The summed E-state index contributed by atoms with van der Waals surface area (Å²) in [7, 11) is 0. The van der Waals surface area contributed by atoms with Gasteiger partial charge in [0.1, 0.15) is 11.2 Å². The van der Waals surface area contributed by atoms with Crippen LogP contribution in [0.2, 0.25) is 0 Å². The van der Waals surface area contributed by atoms with Crippen molar-refractivity contribution in [2.45, 2.75) is 19.3 Å². The molecule has 11 rings (SSSR count). The van der Waals surface area contributed by atoms with Crippen molar-refractivity contribution in [2.24, 2.45) is 0 Å². The molecule has 4 heteroatoms. The lowest BCUT2D eigenvalue weighted by Crippen LogP contribution is -2.17. The Bertz CT molecular complexity index is 3200. The average molecular weight is 744 g/mol. The van der Waals surface area contributed by atoms with Gasteiger partial charge in [-0.05, 0) is 86.0 Å². The van der Waals surface area contributed by atoms with Crippen molar-refractivity contribution >= 4 is 21.9 Å². The van der Waals surface area contributed by atoms with Gasteiger partial charge in [0.05, 0.1) is 0 Å². The smallest absolute Gasteiger partial charge is 0.164 e. The van der Waals surface area contributed by atoms with Gasteiger partial charge in [-0.3, -0.25) is 0 Å². The fraction of sp³-hybridized carbons (Fsp3) is 0.0556. The molecule has 0 saturated carbocycles. The molecule has 0 radical (unpaired) electrons. The monoisotopic (exact) mass is 743 g/mol. The predicted molar refractivity (Wildman–Crippen MR) is 237 cm³/mol. The third-order valence-electron chi connectivity index (χ3n) is 11.7. The summed E-state index contributed by atoms with van der Waals surface area (Å²) in [5.41, 5.74) is 16.1. The van der Waals surface area contributed by atoms with Crippen LogP contribution in [-0.4, -0.2) is 15.0 Å². The van der Waals surface area contributed by atoms with E-state index in [9.17, 15) is 0 Å². The lowest BCUT2D eigenvalue weighted by Gasteiger charge is -2.24. The van der Waals surface area contributed by atoms with Gasteiger partial charge in [-0.15, -0.1) is 0 Å². The second-order valence-corrected chi connectivity index (χ2v) is 15.6. The molecule has 0 saturated heterocycles. The Morgan fingerprint density at radius 3 is 1.64 bits per heavy atom. The molecule has 0 atom stereocenters. The molecule has 1 aliphatic rings. The van der Waals surface area contributed by atoms with Gasteiger partial charge >= 0.3 is 0 Å². The summed E-state index contributed by atoms with van der Waals surface area (Å²) in [6.07, 6.45) is 0. The first-order valence-corrected chi connectivity index (χ1v) is 19.8.